The number of Topliss-reactive ketones (excluding diaryl/α,β-unsaturated/α-hetero) is 3. The smallest absolute Gasteiger partial charge is 0.194 e. The van der Waals surface area contributed by atoms with Crippen LogP contribution in [0.1, 0.15) is 64.5 Å². The molecule has 0 unspecified atom stereocenters. The Balaban J connectivity index is 1.74. The van der Waals surface area contributed by atoms with Crippen molar-refractivity contribution in [2.45, 2.75) is 20.3 Å². The van der Waals surface area contributed by atoms with Gasteiger partial charge in [0.05, 0.1) is 11.1 Å². The van der Waals surface area contributed by atoms with Crippen LogP contribution >= 0.6 is 0 Å². The Kier molecular flexibility index (Phi) is 3.33. The van der Waals surface area contributed by atoms with Gasteiger partial charge >= 0.3 is 0 Å². The lowest BCUT2D eigenvalue weighted by Crippen LogP contribution is -2.22. The number of carbonyl (C=O) groups excluding carboxylic acids is 4. The molecule has 0 aromatic heterocycles. The maximum Gasteiger partial charge on any atom is 0.194 e. The number of hydrogen-bond acceptors (Lipinski definition) is 6. The maximum atomic E-state index is 13.2. The third-order valence-electron chi connectivity index (χ3n) is 6.02. The number of fused-ring (bicyclic) bond motifs is 3. The van der Waals surface area contributed by atoms with E-state index >= 15 is 0 Å². The van der Waals surface area contributed by atoms with Gasteiger partial charge in [0.15, 0.2) is 23.1 Å². The SMILES string of the molecule is Cc1cc(O)c2c(c1)C(=O)C(c1c(C)cc3c(c1O)C(=O)[C@H]1C[C@H]1C3=O)=CC2=O. The van der Waals surface area contributed by atoms with E-state index in [1.807, 2.05) is 0 Å². The molecule has 0 radical (unpaired) electrons. The number of carbonyl (C=O) groups is 4. The number of phenolic OH excluding ortho intramolecular Hbond substituents is 2. The monoisotopic (exact) mass is 388 g/mol. The van der Waals surface area contributed by atoms with Crippen LogP contribution in [0.5, 0.6) is 11.5 Å². The van der Waals surface area contributed by atoms with E-state index in [-0.39, 0.29) is 56.6 Å². The summed E-state index contributed by atoms with van der Waals surface area (Å²) in [5, 5.41) is 21.0. The quantitative estimate of drug-likeness (QED) is 0.777. The van der Waals surface area contributed by atoms with E-state index in [1.54, 1.807) is 13.8 Å². The van der Waals surface area contributed by atoms with Crippen molar-refractivity contribution in [1.82, 2.24) is 0 Å². The molecule has 2 atom stereocenters. The molecule has 29 heavy (non-hydrogen) atoms. The van der Waals surface area contributed by atoms with Gasteiger partial charge in [0.25, 0.3) is 0 Å². The fourth-order valence-corrected chi connectivity index (χ4v) is 4.55. The molecule has 2 N–H and O–H groups in total. The summed E-state index contributed by atoms with van der Waals surface area (Å²) in [6, 6.07) is 4.43. The minimum absolute atomic E-state index is 0.0474. The maximum absolute atomic E-state index is 13.2. The lowest BCUT2D eigenvalue weighted by molar-refractivity contribution is 0.0875. The van der Waals surface area contributed by atoms with E-state index in [4.69, 9.17) is 0 Å². The molecule has 0 amide bonds. The largest absolute Gasteiger partial charge is 0.507 e. The molecule has 6 heteroatoms. The summed E-state index contributed by atoms with van der Waals surface area (Å²) < 4.78 is 0. The van der Waals surface area contributed by atoms with Gasteiger partial charge in [-0.15, -0.1) is 0 Å². The van der Waals surface area contributed by atoms with E-state index in [2.05, 4.69) is 0 Å². The summed E-state index contributed by atoms with van der Waals surface area (Å²) in [5.41, 5.74) is 1.14. The summed E-state index contributed by atoms with van der Waals surface area (Å²) in [6.07, 6.45) is 1.55. The van der Waals surface area contributed by atoms with Crippen LogP contribution in [0.25, 0.3) is 5.57 Å². The minimum Gasteiger partial charge on any atom is -0.507 e. The zero-order valence-corrected chi connectivity index (χ0v) is 15.7. The first kappa shape index (κ1) is 17.6. The fourth-order valence-electron chi connectivity index (χ4n) is 4.55. The summed E-state index contributed by atoms with van der Waals surface area (Å²) in [7, 11) is 0. The highest BCUT2D eigenvalue weighted by atomic mass is 16.3. The number of aromatic hydroxyl groups is 2. The first-order chi connectivity index (χ1) is 13.7. The molecule has 3 aliphatic carbocycles. The molecule has 0 heterocycles. The Morgan fingerprint density at radius 3 is 2.24 bits per heavy atom. The number of benzene rings is 2. The lowest BCUT2D eigenvalue weighted by atomic mass is 9.79. The Bertz CT molecular complexity index is 1250. The van der Waals surface area contributed by atoms with Gasteiger partial charge in [0.2, 0.25) is 0 Å². The van der Waals surface area contributed by atoms with Crippen LogP contribution in [-0.4, -0.2) is 33.3 Å². The molecule has 1 saturated carbocycles. The number of aryl methyl sites for hydroxylation is 2. The van der Waals surface area contributed by atoms with Crippen molar-refractivity contribution in [2.24, 2.45) is 11.8 Å². The van der Waals surface area contributed by atoms with Crippen molar-refractivity contribution in [3.8, 4) is 11.5 Å². The van der Waals surface area contributed by atoms with Crippen molar-refractivity contribution >= 4 is 28.7 Å². The van der Waals surface area contributed by atoms with Crippen LogP contribution in [0.3, 0.4) is 0 Å². The van der Waals surface area contributed by atoms with Gasteiger partial charge in [-0.2, -0.15) is 0 Å². The molecule has 6 nitrogen and oxygen atoms in total. The Labute approximate surface area is 165 Å². The first-order valence-corrected chi connectivity index (χ1v) is 9.30. The predicted molar refractivity (Wildman–Crippen MR) is 103 cm³/mol. The molecule has 2 aromatic carbocycles. The van der Waals surface area contributed by atoms with Crippen LogP contribution in [-0.2, 0) is 0 Å². The molecule has 144 valence electrons. The molecule has 1 fully saturated rings. The number of rotatable bonds is 1. The number of ketones is 4. The van der Waals surface area contributed by atoms with Crippen molar-refractivity contribution in [3.05, 3.63) is 63.2 Å². The van der Waals surface area contributed by atoms with Crippen molar-refractivity contribution in [1.29, 1.82) is 0 Å². The number of phenols is 2. The molecule has 3 aliphatic rings. The van der Waals surface area contributed by atoms with Gasteiger partial charge < -0.3 is 10.2 Å². The van der Waals surface area contributed by atoms with E-state index in [0.717, 1.165) is 6.08 Å². The predicted octanol–water partition coefficient (Wildman–Crippen LogP) is 3.19. The van der Waals surface area contributed by atoms with Crippen LogP contribution in [0.4, 0.5) is 0 Å². The van der Waals surface area contributed by atoms with Crippen LogP contribution in [0.2, 0.25) is 0 Å². The van der Waals surface area contributed by atoms with Crippen LogP contribution in [0.15, 0.2) is 24.3 Å². The molecule has 0 saturated heterocycles. The van der Waals surface area contributed by atoms with Crippen LogP contribution < -0.4 is 0 Å². The molecule has 2 aromatic rings. The lowest BCUT2D eigenvalue weighted by Gasteiger charge is -2.22. The molecular weight excluding hydrogens is 372 g/mol. The van der Waals surface area contributed by atoms with E-state index < -0.39 is 23.2 Å². The van der Waals surface area contributed by atoms with Gasteiger partial charge in [0, 0.05) is 34.1 Å². The van der Waals surface area contributed by atoms with E-state index in [0.29, 0.717) is 17.5 Å². The highest BCUT2D eigenvalue weighted by Crippen LogP contribution is 2.51. The normalized spacial score (nSPS) is 22.1. The summed E-state index contributed by atoms with van der Waals surface area (Å²) in [5.74, 6) is -2.99. The summed E-state index contributed by atoms with van der Waals surface area (Å²) in [4.78, 5) is 51.0. The van der Waals surface area contributed by atoms with Gasteiger partial charge in [-0.3, -0.25) is 19.2 Å². The second kappa shape index (κ2) is 5.50. The van der Waals surface area contributed by atoms with Crippen molar-refractivity contribution in [3.63, 3.8) is 0 Å². The van der Waals surface area contributed by atoms with Crippen molar-refractivity contribution in [2.75, 3.05) is 0 Å². The van der Waals surface area contributed by atoms with Gasteiger partial charge in [0.1, 0.15) is 11.5 Å². The number of hydrogen-bond donors (Lipinski definition) is 2. The van der Waals surface area contributed by atoms with Gasteiger partial charge in [-0.1, -0.05) is 0 Å². The average molecular weight is 388 g/mol. The second-order valence-corrected chi connectivity index (χ2v) is 7.97. The Hall–Kier alpha value is -3.54. The molecule has 0 aliphatic heterocycles. The second-order valence-electron chi connectivity index (χ2n) is 7.97. The van der Waals surface area contributed by atoms with E-state index in [1.165, 1.54) is 18.2 Å². The van der Waals surface area contributed by atoms with Gasteiger partial charge in [-0.05, 0) is 55.7 Å². The molecular formula is C23H16O6. The van der Waals surface area contributed by atoms with Crippen molar-refractivity contribution < 1.29 is 29.4 Å². The minimum atomic E-state index is -0.562. The number of allylic oxidation sites excluding steroid dienone is 2. The zero-order chi connectivity index (χ0) is 20.8. The topological polar surface area (TPSA) is 109 Å². The highest BCUT2D eigenvalue weighted by molar-refractivity contribution is 6.40. The molecule has 0 spiro atoms. The van der Waals surface area contributed by atoms with E-state index in [9.17, 15) is 29.4 Å². The summed E-state index contributed by atoms with van der Waals surface area (Å²) >= 11 is 0. The standard InChI is InChI=1S/C23H16O6/c1-8-3-12-18(15(24)4-8)16(25)7-14(21(12)27)17-9(2)5-13-19(23(17)29)22(28)11-6-10(11)20(13)26/h3-5,7,10-11,24,29H,6H2,1-2H3/t10-,11+/m1/s1. The Morgan fingerprint density at radius 1 is 0.828 bits per heavy atom. The Morgan fingerprint density at radius 2 is 1.52 bits per heavy atom. The summed E-state index contributed by atoms with van der Waals surface area (Å²) in [6.45, 7) is 3.31. The first-order valence-electron chi connectivity index (χ1n) is 9.30. The average Bonchev–Trinajstić information content (AvgIpc) is 3.44. The van der Waals surface area contributed by atoms with Crippen LogP contribution in [0, 0.1) is 25.7 Å². The molecule has 0 bridgehead atoms. The third-order valence-corrected chi connectivity index (χ3v) is 6.02. The molecule has 5 rings (SSSR count). The highest BCUT2D eigenvalue weighted by Gasteiger charge is 2.54. The third kappa shape index (κ3) is 2.23. The fraction of sp³-hybridized carbons (Fsp3) is 0.217. The van der Waals surface area contributed by atoms with Gasteiger partial charge in [-0.25, -0.2) is 0 Å². The zero-order valence-electron chi connectivity index (χ0n) is 15.7.